The normalized spacial score (nSPS) is 11.5. The Balaban J connectivity index is 2.39. The molecule has 0 aromatic heterocycles. The Morgan fingerprint density at radius 3 is 2.58 bits per heavy atom. The molecule has 7 heteroatoms. The Bertz CT molecular complexity index is 410. The topological polar surface area (TPSA) is 96.9 Å². The Morgan fingerprint density at radius 1 is 1.32 bits per heavy atom. The van der Waals surface area contributed by atoms with Gasteiger partial charge in [0.25, 0.3) is 5.91 Å². The van der Waals surface area contributed by atoms with Crippen LogP contribution >= 0.6 is 0 Å². The van der Waals surface area contributed by atoms with Crippen molar-refractivity contribution in [1.82, 2.24) is 10.8 Å². The molecule has 0 aliphatic heterocycles. The number of aliphatic hydroxyl groups excluding tert-OH is 1. The zero-order valence-electron chi connectivity index (χ0n) is 10.5. The quantitative estimate of drug-likeness (QED) is 0.629. The summed E-state index contributed by atoms with van der Waals surface area (Å²) < 4.78 is 4.91. The lowest BCUT2D eigenvalue weighted by atomic mass is 10.2. The van der Waals surface area contributed by atoms with Crippen LogP contribution in [-0.4, -0.2) is 36.9 Å². The first-order valence-electron chi connectivity index (χ1n) is 5.58. The van der Waals surface area contributed by atoms with Crippen molar-refractivity contribution in [2.24, 2.45) is 0 Å². The van der Waals surface area contributed by atoms with Crippen LogP contribution in [0.25, 0.3) is 0 Å². The maximum atomic E-state index is 11.4. The molecule has 0 saturated carbocycles. The van der Waals surface area contributed by atoms with Crippen LogP contribution in [0, 0.1) is 0 Å². The molecule has 1 atom stereocenters. The predicted molar refractivity (Wildman–Crippen MR) is 65.8 cm³/mol. The number of carbonyl (C=O) groups excluding carboxylic acids is 2. The van der Waals surface area contributed by atoms with Gasteiger partial charge in [-0.15, -0.1) is 0 Å². The van der Waals surface area contributed by atoms with Crippen molar-refractivity contribution in [3.05, 3.63) is 35.9 Å². The lowest BCUT2D eigenvalue weighted by Gasteiger charge is -2.15. The van der Waals surface area contributed by atoms with Gasteiger partial charge in [0.15, 0.2) is 0 Å². The van der Waals surface area contributed by atoms with E-state index in [1.807, 2.05) is 23.7 Å². The molecule has 0 aliphatic carbocycles. The first-order chi connectivity index (χ1) is 9.17. The van der Waals surface area contributed by atoms with Crippen molar-refractivity contribution >= 4 is 12.0 Å². The van der Waals surface area contributed by atoms with Crippen LogP contribution < -0.4 is 10.8 Å². The van der Waals surface area contributed by atoms with Gasteiger partial charge in [0.1, 0.15) is 12.6 Å². The van der Waals surface area contributed by atoms with Crippen molar-refractivity contribution in [3.63, 3.8) is 0 Å². The van der Waals surface area contributed by atoms with Gasteiger partial charge in [0, 0.05) is 0 Å². The molecular formula is C12H16N2O5. The molecule has 0 fully saturated rings. The van der Waals surface area contributed by atoms with E-state index in [4.69, 9.17) is 9.84 Å². The second-order valence-corrected chi connectivity index (χ2v) is 3.61. The van der Waals surface area contributed by atoms with E-state index in [0.717, 1.165) is 5.56 Å². The summed E-state index contributed by atoms with van der Waals surface area (Å²) >= 11 is 0. The summed E-state index contributed by atoms with van der Waals surface area (Å²) in [5.74, 6) is -0.665. The third-order valence-corrected chi connectivity index (χ3v) is 2.21. The van der Waals surface area contributed by atoms with Crippen LogP contribution in [0.1, 0.15) is 5.56 Å². The molecule has 1 aromatic rings. The summed E-state index contributed by atoms with van der Waals surface area (Å²) in [5.41, 5.74) is 2.83. The van der Waals surface area contributed by atoms with Crippen LogP contribution in [-0.2, 0) is 21.0 Å². The second-order valence-electron chi connectivity index (χ2n) is 3.61. The van der Waals surface area contributed by atoms with E-state index >= 15 is 0 Å². The minimum Gasteiger partial charge on any atom is -0.445 e. The molecule has 2 amide bonds. The number of hydroxylamine groups is 1. The zero-order valence-corrected chi connectivity index (χ0v) is 10.5. The van der Waals surface area contributed by atoms with Gasteiger partial charge < -0.3 is 15.2 Å². The largest absolute Gasteiger partial charge is 0.445 e. The van der Waals surface area contributed by atoms with Gasteiger partial charge in [0.2, 0.25) is 0 Å². The number of ether oxygens (including phenoxy) is 1. The van der Waals surface area contributed by atoms with E-state index in [0.29, 0.717) is 0 Å². The molecule has 1 aromatic carbocycles. The summed E-state index contributed by atoms with van der Waals surface area (Å²) in [6.45, 7) is -0.480. The van der Waals surface area contributed by atoms with Gasteiger partial charge in [-0.25, -0.2) is 10.3 Å². The molecule has 1 rings (SSSR count). The average molecular weight is 268 g/mol. The minimum atomic E-state index is -1.12. The number of alkyl carbamates (subject to hydrolysis) is 1. The molecule has 0 bridgehead atoms. The number of rotatable bonds is 6. The highest BCUT2D eigenvalue weighted by molar-refractivity contribution is 5.84. The first kappa shape index (κ1) is 14.9. The highest BCUT2D eigenvalue weighted by Crippen LogP contribution is 2.00. The molecule has 0 saturated heterocycles. The Hall–Kier alpha value is -2.12. The Kier molecular flexibility index (Phi) is 6.34. The summed E-state index contributed by atoms with van der Waals surface area (Å²) in [7, 11) is 1.25. The van der Waals surface area contributed by atoms with Crippen molar-refractivity contribution in [3.8, 4) is 0 Å². The fourth-order valence-electron chi connectivity index (χ4n) is 1.27. The molecule has 0 unspecified atom stereocenters. The van der Waals surface area contributed by atoms with Crippen LogP contribution in [0.5, 0.6) is 0 Å². The molecule has 19 heavy (non-hydrogen) atoms. The van der Waals surface area contributed by atoms with Crippen LogP contribution in [0.15, 0.2) is 30.3 Å². The van der Waals surface area contributed by atoms with Crippen LogP contribution in [0.4, 0.5) is 4.79 Å². The lowest BCUT2D eigenvalue weighted by Crippen LogP contribution is -2.48. The standard InChI is InChI=1S/C12H16N2O5/c1-18-14-11(16)10(7-15)13-12(17)19-8-9-5-3-2-4-6-9/h2-6,10,15H,7-8H2,1H3,(H,13,17)(H,14,16)/t10-/m1/s1. The fourth-order valence-corrected chi connectivity index (χ4v) is 1.27. The molecule has 104 valence electrons. The van der Waals surface area contributed by atoms with Gasteiger partial charge in [-0.1, -0.05) is 30.3 Å². The maximum absolute atomic E-state index is 11.4. The van der Waals surface area contributed by atoms with Crippen LogP contribution in [0.2, 0.25) is 0 Å². The van der Waals surface area contributed by atoms with Gasteiger partial charge in [-0.2, -0.15) is 0 Å². The van der Waals surface area contributed by atoms with Gasteiger partial charge in [-0.05, 0) is 5.56 Å². The molecule has 0 radical (unpaired) electrons. The van der Waals surface area contributed by atoms with Gasteiger partial charge >= 0.3 is 6.09 Å². The molecular weight excluding hydrogens is 252 g/mol. The van der Waals surface area contributed by atoms with E-state index in [1.165, 1.54) is 7.11 Å². The Labute approximate surface area is 110 Å². The summed E-state index contributed by atoms with van der Waals surface area (Å²) in [6, 6.07) is 7.96. The number of aliphatic hydroxyl groups is 1. The second kappa shape index (κ2) is 8.06. The van der Waals surface area contributed by atoms with Gasteiger partial charge in [0.05, 0.1) is 13.7 Å². The smallest absolute Gasteiger partial charge is 0.408 e. The third kappa shape index (κ3) is 5.36. The van der Waals surface area contributed by atoms with E-state index < -0.39 is 24.6 Å². The Morgan fingerprint density at radius 2 is 2.00 bits per heavy atom. The predicted octanol–water partition coefficient (Wildman–Crippen LogP) is -0.0487. The monoisotopic (exact) mass is 268 g/mol. The van der Waals surface area contributed by atoms with Crippen molar-refractivity contribution in [2.45, 2.75) is 12.6 Å². The summed E-state index contributed by atoms with van der Waals surface area (Å²) in [6.07, 6.45) is -0.797. The zero-order chi connectivity index (χ0) is 14.1. The molecule has 3 N–H and O–H groups in total. The summed E-state index contributed by atoms with van der Waals surface area (Å²) in [4.78, 5) is 27.1. The van der Waals surface area contributed by atoms with Gasteiger partial charge in [-0.3, -0.25) is 9.63 Å². The number of hydrogen-bond donors (Lipinski definition) is 3. The number of hydrogen-bond acceptors (Lipinski definition) is 5. The minimum absolute atomic E-state index is 0.0801. The number of amides is 2. The maximum Gasteiger partial charge on any atom is 0.408 e. The molecule has 7 nitrogen and oxygen atoms in total. The van der Waals surface area contributed by atoms with E-state index in [1.54, 1.807) is 12.1 Å². The highest BCUT2D eigenvalue weighted by atomic mass is 16.6. The average Bonchev–Trinajstić information content (AvgIpc) is 2.44. The fraction of sp³-hybridized carbons (Fsp3) is 0.333. The summed E-state index contributed by atoms with van der Waals surface area (Å²) in [5, 5.41) is 11.2. The van der Waals surface area contributed by atoms with Crippen molar-refractivity contribution in [1.29, 1.82) is 0 Å². The highest BCUT2D eigenvalue weighted by Gasteiger charge is 2.20. The number of carbonyl (C=O) groups is 2. The van der Waals surface area contributed by atoms with Crippen LogP contribution in [0.3, 0.4) is 0 Å². The van der Waals surface area contributed by atoms with E-state index in [9.17, 15) is 9.59 Å². The number of nitrogens with one attached hydrogen (secondary N) is 2. The molecule has 0 heterocycles. The molecule has 0 aliphatic rings. The van der Waals surface area contributed by atoms with E-state index in [2.05, 4.69) is 10.2 Å². The first-order valence-corrected chi connectivity index (χ1v) is 5.58. The lowest BCUT2D eigenvalue weighted by molar-refractivity contribution is -0.134. The number of benzene rings is 1. The van der Waals surface area contributed by atoms with Crippen molar-refractivity contribution < 1.29 is 24.3 Å². The third-order valence-electron chi connectivity index (χ3n) is 2.21. The van der Waals surface area contributed by atoms with E-state index in [-0.39, 0.29) is 6.61 Å². The van der Waals surface area contributed by atoms with Crippen molar-refractivity contribution in [2.75, 3.05) is 13.7 Å². The molecule has 0 spiro atoms. The SMILES string of the molecule is CONC(=O)[C@@H](CO)NC(=O)OCc1ccccc1.